The molecule has 4 heteroatoms. The molecule has 0 amide bonds. The van der Waals surface area contributed by atoms with Crippen molar-refractivity contribution in [3.63, 3.8) is 0 Å². The first-order valence-electron chi connectivity index (χ1n) is 5.65. The van der Waals surface area contributed by atoms with Crippen LogP contribution in [0.2, 0.25) is 0 Å². The molecule has 0 aliphatic rings. The Hall–Kier alpha value is -1.06. The molecule has 0 unspecified atom stereocenters. The zero-order chi connectivity index (χ0) is 13.0. The molecule has 0 aliphatic heterocycles. The van der Waals surface area contributed by atoms with Crippen LogP contribution in [0.4, 0.5) is 5.69 Å². The molecule has 0 aliphatic carbocycles. The number of alkyl halides is 1. The number of benzene rings is 1. The third-order valence-corrected chi connectivity index (χ3v) is 3.69. The number of hydrogen-bond acceptors (Lipinski definition) is 2. The Morgan fingerprint density at radius 3 is 2.50 bits per heavy atom. The van der Waals surface area contributed by atoms with E-state index in [4.69, 9.17) is 11.6 Å². The minimum atomic E-state index is 0.535. The quantitative estimate of drug-likeness (QED) is 0.782. The number of rotatable bonds is 4. The molecule has 1 heterocycles. The third kappa shape index (κ3) is 3.24. The van der Waals surface area contributed by atoms with E-state index < -0.39 is 0 Å². The standard InChI is InChI=1S/C14H14BrClN2/c1-18(10-11-4-6-17-7-5-11)14-3-2-12(9-16)8-13(14)15/h2-8H,9-10H2,1H3. The lowest BCUT2D eigenvalue weighted by molar-refractivity contribution is 0.916. The van der Waals surface area contributed by atoms with Crippen molar-refractivity contribution >= 4 is 33.2 Å². The highest BCUT2D eigenvalue weighted by Crippen LogP contribution is 2.28. The Labute approximate surface area is 121 Å². The first-order valence-corrected chi connectivity index (χ1v) is 6.98. The maximum absolute atomic E-state index is 5.82. The normalized spacial score (nSPS) is 10.4. The molecule has 2 nitrogen and oxygen atoms in total. The van der Waals surface area contributed by atoms with Gasteiger partial charge in [-0.25, -0.2) is 0 Å². The molecule has 0 radical (unpaired) electrons. The molecule has 0 fully saturated rings. The van der Waals surface area contributed by atoms with Crippen LogP contribution in [0.5, 0.6) is 0 Å². The predicted molar refractivity (Wildman–Crippen MR) is 80.0 cm³/mol. The van der Waals surface area contributed by atoms with Crippen LogP contribution in [0.3, 0.4) is 0 Å². The third-order valence-electron chi connectivity index (χ3n) is 2.75. The average molecular weight is 326 g/mol. The molecular weight excluding hydrogens is 312 g/mol. The Bertz CT molecular complexity index is 516. The molecule has 0 spiro atoms. The highest BCUT2D eigenvalue weighted by atomic mass is 79.9. The predicted octanol–water partition coefficient (Wildman–Crippen LogP) is 4.22. The van der Waals surface area contributed by atoms with Gasteiger partial charge in [-0.05, 0) is 51.3 Å². The fraction of sp³-hybridized carbons (Fsp3) is 0.214. The van der Waals surface area contributed by atoms with E-state index in [1.807, 2.05) is 24.5 Å². The van der Waals surface area contributed by atoms with E-state index in [2.05, 4.69) is 51.1 Å². The van der Waals surface area contributed by atoms with Gasteiger partial charge < -0.3 is 4.90 Å². The Morgan fingerprint density at radius 1 is 1.17 bits per heavy atom. The second-order valence-corrected chi connectivity index (χ2v) is 5.25. The van der Waals surface area contributed by atoms with Crippen LogP contribution in [0.1, 0.15) is 11.1 Å². The summed E-state index contributed by atoms with van der Waals surface area (Å²) in [5.41, 5.74) is 3.51. The van der Waals surface area contributed by atoms with Gasteiger partial charge in [-0.2, -0.15) is 0 Å². The maximum Gasteiger partial charge on any atom is 0.0511 e. The van der Waals surface area contributed by atoms with Crippen molar-refractivity contribution in [2.45, 2.75) is 12.4 Å². The summed E-state index contributed by atoms with van der Waals surface area (Å²) >= 11 is 9.41. The van der Waals surface area contributed by atoms with Crippen LogP contribution in [-0.4, -0.2) is 12.0 Å². The zero-order valence-corrected chi connectivity index (χ0v) is 12.4. The van der Waals surface area contributed by atoms with Gasteiger partial charge in [0.05, 0.1) is 5.69 Å². The number of halogens is 2. The summed E-state index contributed by atoms with van der Waals surface area (Å²) < 4.78 is 1.07. The van der Waals surface area contributed by atoms with Crippen LogP contribution >= 0.6 is 27.5 Å². The largest absolute Gasteiger partial charge is 0.369 e. The molecule has 94 valence electrons. The maximum atomic E-state index is 5.82. The van der Waals surface area contributed by atoms with E-state index in [0.29, 0.717) is 5.88 Å². The summed E-state index contributed by atoms with van der Waals surface area (Å²) in [6.45, 7) is 0.849. The second kappa shape index (κ2) is 6.21. The minimum Gasteiger partial charge on any atom is -0.369 e. The number of aromatic nitrogens is 1. The van der Waals surface area contributed by atoms with E-state index in [-0.39, 0.29) is 0 Å². The molecule has 2 aromatic rings. The van der Waals surface area contributed by atoms with Crippen molar-refractivity contribution in [1.29, 1.82) is 0 Å². The second-order valence-electron chi connectivity index (χ2n) is 4.13. The van der Waals surface area contributed by atoms with Crippen LogP contribution in [0.25, 0.3) is 0 Å². The van der Waals surface area contributed by atoms with Crippen molar-refractivity contribution in [3.8, 4) is 0 Å². The molecule has 0 atom stereocenters. The molecule has 1 aromatic heterocycles. The summed E-state index contributed by atoms with van der Waals surface area (Å²) in [5, 5.41) is 0. The molecule has 1 aromatic carbocycles. The van der Waals surface area contributed by atoms with E-state index in [0.717, 1.165) is 22.3 Å². The smallest absolute Gasteiger partial charge is 0.0511 e. The van der Waals surface area contributed by atoms with Crippen molar-refractivity contribution in [2.24, 2.45) is 0 Å². The SMILES string of the molecule is CN(Cc1ccncc1)c1ccc(CCl)cc1Br. The van der Waals surface area contributed by atoms with Gasteiger partial charge in [0.1, 0.15) is 0 Å². The minimum absolute atomic E-state index is 0.535. The van der Waals surface area contributed by atoms with Crippen molar-refractivity contribution in [3.05, 3.63) is 58.3 Å². The van der Waals surface area contributed by atoms with Crippen molar-refractivity contribution in [1.82, 2.24) is 4.98 Å². The van der Waals surface area contributed by atoms with Gasteiger partial charge in [0.25, 0.3) is 0 Å². The Balaban J connectivity index is 2.16. The monoisotopic (exact) mass is 324 g/mol. The number of nitrogens with zero attached hydrogens (tertiary/aromatic N) is 2. The van der Waals surface area contributed by atoms with Crippen molar-refractivity contribution in [2.75, 3.05) is 11.9 Å². The van der Waals surface area contributed by atoms with E-state index in [1.165, 1.54) is 5.56 Å². The van der Waals surface area contributed by atoms with Crippen molar-refractivity contribution < 1.29 is 0 Å². The summed E-state index contributed by atoms with van der Waals surface area (Å²) in [7, 11) is 2.07. The fourth-order valence-corrected chi connectivity index (χ4v) is 2.69. The highest BCUT2D eigenvalue weighted by Gasteiger charge is 2.07. The van der Waals surface area contributed by atoms with Gasteiger partial charge in [-0.1, -0.05) is 6.07 Å². The summed E-state index contributed by atoms with van der Waals surface area (Å²) in [6, 6.07) is 10.2. The van der Waals surface area contributed by atoms with Gasteiger partial charge in [0, 0.05) is 36.3 Å². The molecule has 18 heavy (non-hydrogen) atoms. The van der Waals surface area contributed by atoms with E-state index in [9.17, 15) is 0 Å². The lowest BCUT2D eigenvalue weighted by atomic mass is 10.2. The summed E-state index contributed by atoms with van der Waals surface area (Å²) in [5.74, 6) is 0.535. The van der Waals surface area contributed by atoms with Crippen LogP contribution < -0.4 is 4.90 Å². The zero-order valence-electron chi connectivity index (χ0n) is 10.1. The van der Waals surface area contributed by atoms with Gasteiger partial charge in [-0.15, -0.1) is 11.6 Å². The lowest BCUT2D eigenvalue weighted by Crippen LogP contribution is -2.16. The first-order chi connectivity index (χ1) is 8.70. The Kier molecular flexibility index (Phi) is 4.61. The van der Waals surface area contributed by atoms with Gasteiger partial charge in [-0.3, -0.25) is 4.98 Å². The molecular formula is C14H14BrClN2. The summed E-state index contributed by atoms with van der Waals surface area (Å²) in [6.07, 6.45) is 3.63. The number of anilines is 1. The average Bonchev–Trinajstić information content (AvgIpc) is 2.39. The lowest BCUT2D eigenvalue weighted by Gasteiger charge is -2.21. The van der Waals surface area contributed by atoms with Crippen LogP contribution in [0, 0.1) is 0 Å². The molecule has 0 saturated heterocycles. The Morgan fingerprint density at radius 2 is 1.89 bits per heavy atom. The number of pyridine rings is 1. The van der Waals surface area contributed by atoms with E-state index >= 15 is 0 Å². The molecule has 0 bridgehead atoms. The number of hydrogen-bond donors (Lipinski definition) is 0. The highest BCUT2D eigenvalue weighted by molar-refractivity contribution is 9.10. The summed E-state index contributed by atoms with van der Waals surface area (Å²) in [4.78, 5) is 6.22. The molecule has 0 saturated carbocycles. The van der Waals surface area contributed by atoms with Crippen LogP contribution in [0.15, 0.2) is 47.2 Å². The van der Waals surface area contributed by atoms with Gasteiger partial charge in [0.2, 0.25) is 0 Å². The first kappa shape index (κ1) is 13.4. The van der Waals surface area contributed by atoms with E-state index in [1.54, 1.807) is 0 Å². The van der Waals surface area contributed by atoms with Crippen LogP contribution in [-0.2, 0) is 12.4 Å². The topological polar surface area (TPSA) is 16.1 Å². The molecule has 0 N–H and O–H groups in total. The van der Waals surface area contributed by atoms with Gasteiger partial charge >= 0.3 is 0 Å². The fourth-order valence-electron chi connectivity index (χ4n) is 1.79. The van der Waals surface area contributed by atoms with Gasteiger partial charge in [0.15, 0.2) is 0 Å². The molecule has 2 rings (SSSR count).